The number of nitrogens with one attached hydrogen (secondary N) is 2. The Labute approximate surface area is 137 Å². The molecule has 23 heavy (non-hydrogen) atoms. The van der Waals surface area contributed by atoms with Crippen molar-refractivity contribution in [3.8, 4) is 0 Å². The van der Waals surface area contributed by atoms with Gasteiger partial charge < -0.3 is 5.32 Å². The van der Waals surface area contributed by atoms with E-state index in [9.17, 15) is 4.79 Å². The maximum absolute atomic E-state index is 13.0. The van der Waals surface area contributed by atoms with E-state index in [2.05, 4.69) is 20.7 Å². The van der Waals surface area contributed by atoms with Crippen molar-refractivity contribution < 1.29 is 4.79 Å². The van der Waals surface area contributed by atoms with Gasteiger partial charge in [-0.05, 0) is 44.1 Å². The van der Waals surface area contributed by atoms with Crippen molar-refractivity contribution in [2.45, 2.75) is 18.4 Å². The van der Waals surface area contributed by atoms with Gasteiger partial charge in [-0.15, -0.1) is 0 Å². The third kappa shape index (κ3) is 2.51. The molecule has 1 saturated heterocycles. The predicted octanol–water partition coefficient (Wildman–Crippen LogP) is 2.21. The number of rotatable bonds is 3. The molecule has 1 aliphatic heterocycles. The minimum Gasteiger partial charge on any atom is -0.317 e. The van der Waals surface area contributed by atoms with Crippen LogP contribution in [0.1, 0.15) is 12.8 Å². The Hall–Kier alpha value is -2.25. The summed E-state index contributed by atoms with van der Waals surface area (Å²) in [4.78, 5) is 17.5. The number of hydrogen-bond acceptors (Lipinski definition) is 5. The molecule has 1 aliphatic rings. The number of carbonyl (C=O) groups excluding carboxylic acids is 1. The van der Waals surface area contributed by atoms with Crippen LogP contribution in [0.4, 0.5) is 5.13 Å². The van der Waals surface area contributed by atoms with E-state index in [-0.39, 0.29) is 5.91 Å². The normalized spacial score (nSPS) is 17.2. The molecule has 0 bridgehead atoms. The van der Waals surface area contributed by atoms with Gasteiger partial charge in [0.05, 0.1) is 10.2 Å². The first kappa shape index (κ1) is 14.3. The van der Waals surface area contributed by atoms with Gasteiger partial charge in [0.25, 0.3) is 5.91 Å². The molecule has 1 aromatic carbocycles. The quantitative estimate of drug-likeness (QED) is 0.774. The van der Waals surface area contributed by atoms with Gasteiger partial charge in [-0.3, -0.25) is 14.8 Å². The summed E-state index contributed by atoms with van der Waals surface area (Å²) in [6.07, 6.45) is 5.01. The second-order valence-electron chi connectivity index (χ2n) is 5.67. The summed E-state index contributed by atoms with van der Waals surface area (Å²) >= 11 is 1.50. The number of nitrogens with zero attached hydrogens (tertiary/aromatic N) is 3. The Morgan fingerprint density at radius 3 is 2.83 bits per heavy atom. The zero-order valence-corrected chi connectivity index (χ0v) is 13.3. The average Bonchev–Trinajstić information content (AvgIpc) is 3.24. The van der Waals surface area contributed by atoms with Crippen molar-refractivity contribution in [2.24, 2.45) is 0 Å². The highest BCUT2D eigenvalue weighted by atomic mass is 32.1. The number of para-hydroxylation sites is 1. The first-order valence-electron chi connectivity index (χ1n) is 7.66. The van der Waals surface area contributed by atoms with Gasteiger partial charge in [-0.1, -0.05) is 23.5 Å². The lowest BCUT2D eigenvalue weighted by molar-refractivity contribution is -0.126. The van der Waals surface area contributed by atoms with Gasteiger partial charge >= 0.3 is 0 Å². The molecule has 7 heteroatoms. The van der Waals surface area contributed by atoms with Crippen LogP contribution in [0, 0.1) is 0 Å². The summed E-state index contributed by atoms with van der Waals surface area (Å²) < 4.78 is 2.86. The van der Waals surface area contributed by atoms with Crippen molar-refractivity contribution in [1.82, 2.24) is 20.1 Å². The highest BCUT2D eigenvalue weighted by Gasteiger charge is 2.42. The Kier molecular flexibility index (Phi) is 3.59. The lowest BCUT2D eigenvalue weighted by Gasteiger charge is -2.36. The van der Waals surface area contributed by atoms with Crippen LogP contribution in [0.25, 0.3) is 10.2 Å². The fourth-order valence-corrected chi connectivity index (χ4v) is 3.92. The lowest BCUT2D eigenvalue weighted by Crippen LogP contribution is -2.52. The molecular weight excluding hydrogens is 310 g/mol. The van der Waals surface area contributed by atoms with E-state index >= 15 is 0 Å². The third-order valence-electron chi connectivity index (χ3n) is 4.31. The van der Waals surface area contributed by atoms with E-state index in [0.717, 1.165) is 23.3 Å². The standard InChI is InChI=1S/C16H17N5OS/c22-14(20-15-19-12-4-1-2-5-13(12)23-15)16(6-9-17-10-7-16)21-11-3-8-18-21/h1-5,8,11,17H,6-7,9-10H2,(H,19,20,22). The molecule has 0 saturated carbocycles. The second-order valence-corrected chi connectivity index (χ2v) is 6.70. The Balaban J connectivity index is 1.65. The van der Waals surface area contributed by atoms with Crippen LogP contribution in [0.15, 0.2) is 42.7 Å². The summed E-state index contributed by atoms with van der Waals surface area (Å²) in [5, 5.41) is 11.3. The summed E-state index contributed by atoms with van der Waals surface area (Å²) in [6, 6.07) is 9.75. The molecule has 2 aromatic heterocycles. The first-order chi connectivity index (χ1) is 11.3. The second kappa shape index (κ2) is 5.75. The van der Waals surface area contributed by atoms with Gasteiger partial charge in [0.15, 0.2) is 5.13 Å². The van der Waals surface area contributed by atoms with E-state index in [4.69, 9.17) is 0 Å². The number of benzene rings is 1. The third-order valence-corrected chi connectivity index (χ3v) is 5.26. The van der Waals surface area contributed by atoms with E-state index in [1.165, 1.54) is 11.3 Å². The molecule has 0 unspecified atom stereocenters. The van der Waals surface area contributed by atoms with Gasteiger partial charge in [0.1, 0.15) is 5.54 Å². The molecule has 1 fully saturated rings. The van der Waals surface area contributed by atoms with E-state index < -0.39 is 5.54 Å². The van der Waals surface area contributed by atoms with E-state index in [1.54, 1.807) is 10.9 Å². The topological polar surface area (TPSA) is 71.8 Å². The molecule has 1 amide bonds. The number of carbonyl (C=O) groups is 1. The summed E-state index contributed by atoms with van der Waals surface area (Å²) in [5.41, 5.74) is 0.262. The minimum absolute atomic E-state index is 0.0400. The van der Waals surface area contributed by atoms with Crippen molar-refractivity contribution in [3.63, 3.8) is 0 Å². The highest BCUT2D eigenvalue weighted by Crippen LogP contribution is 2.31. The summed E-state index contributed by atoms with van der Waals surface area (Å²) in [6.45, 7) is 1.60. The molecule has 0 spiro atoms. The van der Waals surface area contributed by atoms with Crippen molar-refractivity contribution in [3.05, 3.63) is 42.7 Å². The van der Waals surface area contributed by atoms with Gasteiger partial charge in [-0.25, -0.2) is 4.98 Å². The fraction of sp³-hybridized carbons (Fsp3) is 0.312. The summed E-state index contributed by atoms with van der Waals surface area (Å²) in [5.74, 6) is -0.0400. The molecular formula is C16H17N5OS. The van der Waals surface area contributed by atoms with Crippen molar-refractivity contribution >= 4 is 32.6 Å². The molecule has 0 radical (unpaired) electrons. The van der Waals surface area contributed by atoms with Crippen LogP contribution in [-0.2, 0) is 10.3 Å². The van der Waals surface area contributed by atoms with Gasteiger partial charge in [0, 0.05) is 12.4 Å². The highest BCUT2D eigenvalue weighted by molar-refractivity contribution is 7.22. The van der Waals surface area contributed by atoms with Crippen LogP contribution >= 0.6 is 11.3 Å². The maximum atomic E-state index is 13.0. The zero-order chi connectivity index (χ0) is 15.7. The van der Waals surface area contributed by atoms with Gasteiger partial charge in [-0.2, -0.15) is 5.10 Å². The molecule has 6 nitrogen and oxygen atoms in total. The van der Waals surface area contributed by atoms with Gasteiger partial charge in [0.2, 0.25) is 0 Å². The SMILES string of the molecule is O=C(Nc1nc2ccccc2s1)C1(n2cccn2)CCNCC1. The van der Waals surface area contributed by atoms with E-state index in [1.807, 2.05) is 36.5 Å². The molecule has 4 rings (SSSR count). The maximum Gasteiger partial charge on any atom is 0.254 e. The van der Waals surface area contributed by atoms with E-state index in [0.29, 0.717) is 18.0 Å². The number of anilines is 1. The molecule has 3 heterocycles. The number of fused-ring (bicyclic) bond motifs is 1. The van der Waals surface area contributed by atoms with Crippen LogP contribution in [0.3, 0.4) is 0 Å². The monoisotopic (exact) mass is 327 g/mol. The minimum atomic E-state index is -0.646. The van der Waals surface area contributed by atoms with Crippen molar-refractivity contribution in [2.75, 3.05) is 18.4 Å². The number of aromatic nitrogens is 3. The first-order valence-corrected chi connectivity index (χ1v) is 8.47. The number of amides is 1. The van der Waals surface area contributed by atoms with Crippen LogP contribution in [0.5, 0.6) is 0 Å². The number of thiazole rings is 1. The zero-order valence-electron chi connectivity index (χ0n) is 12.5. The Bertz CT molecular complexity index is 787. The predicted molar refractivity (Wildman–Crippen MR) is 90.6 cm³/mol. The molecule has 0 aliphatic carbocycles. The van der Waals surface area contributed by atoms with Crippen LogP contribution < -0.4 is 10.6 Å². The molecule has 118 valence electrons. The summed E-state index contributed by atoms with van der Waals surface area (Å²) in [7, 11) is 0. The van der Waals surface area contributed by atoms with Crippen LogP contribution in [0.2, 0.25) is 0 Å². The smallest absolute Gasteiger partial charge is 0.254 e. The number of piperidine rings is 1. The Morgan fingerprint density at radius 2 is 2.09 bits per heavy atom. The lowest BCUT2D eigenvalue weighted by atomic mass is 9.87. The number of hydrogen-bond donors (Lipinski definition) is 2. The van der Waals surface area contributed by atoms with Crippen molar-refractivity contribution in [1.29, 1.82) is 0 Å². The van der Waals surface area contributed by atoms with Crippen LogP contribution in [-0.4, -0.2) is 33.8 Å². The average molecular weight is 327 g/mol. The molecule has 2 N–H and O–H groups in total. The largest absolute Gasteiger partial charge is 0.317 e. The Morgan fingerprint density at radius 1 is 1.26 bits per heavy atom. The molecule has 3 aromatic rings. The fourth-order valence-electron chi connectivity index (χ4n) is 3.06. The molecule has 0 atom stereocenters.